The summed E-state index contributed by atoms with van der Waals surface area (Å²) in [6.07, 6.45) is 1.10. The SMILES string of the molecule is CNC(=O)c1c(-c2ccc(F)cc2)oc2cc(N(C)S(C)(=O)=O)c(-c3cccc(OCc4cc(OC)cc(OC)c4)c3)cc12. The van der Waals surface area contributed by atoms with Crippen molar-refractivity contribution in [2.75, 3.05) is 38.9 Å². The summed E-state index contributed by atoms with van der Waals surface area (Å²) in [5.41, 5.74) is 3.34. The molecule has 5 rings (SSSR count). The Morgan fingerprint density at radius 1 is 0.909 bits per heavy atom. The average molecular weight is 619 g/mol. The lowest BCUT2D eigenvalue weighted by Crippen LogP contribution is -2.25. The summed E-state index contributed by atoms with van der Waals surface area (Å²) in [4.78, 5) is 13.2. The van der Waals surface area contributed by atoms with E-state index >= 15 is 0 Å². The molecule has 0 radical (unpaired) electrons. The van der Waals surface area contributed by atoms with Crippen molar-refractivity contribution in [2.24, 2.45) is 0 Å². The highest BCUT2D eigenvalue weighted by Crippen LogP contribution is 2.42. The smallest absolute Gasteiger partial charge is 0.255 e. The van der Waals surface area contributed by atoms with Crippen molar-refractivity contribution in [3.63, 3.8) is 0 Å². The van der Waals surface area contributed by atoms with Crippen LogP contribution in [0.1, 0.15) is 15.9 Å². The van der Waals surface area contributed by atoms with Crippen LogP contribution < -0.4 is 23.8 Å². The van der Waals surface area contributed by atoms with Gasteiger partial charge in [-0.15, -0.1) is 0 Å². The zero-order valence-electron chi connectivity index (χ0n) is 24.8. The van der Waals surface area contributed by atoms with E-state index in [1.54, 1.807) is 50.6 Å². The maximum absolute atomic E-state index is 13.7. The Labute approximate surface area is 254 Å². The van der Waals surface area contributed by atoms with Crippen LogP contribution in [0.4, 0.5) is 10.1 Å². The molecule has 228 valence electrons. The molecule has 0 spiro atoms. The van der Waals surface area contributed by atoms with Gasteiger partial charge in [0, 0.05) is 42.7 Å². The van der Waals surface area contributed by atoms with Crippen molar-refractivity contribution in [3.05, 3.63) is 95.8 Å². The Kier molecular flexibility index (Phi) is 8.50. The summed E-state index contributed by atoms with van der Waals surface area (Å²) >= 11 is 0. The zero-order valence-corrected chi connectivity index (χ0v) is 25.6. The number of nitrogens with one attached hydrogen (secondary N) is 1. The summed E-state index contributed by atoms with van der Waals surface area (Å²) in [6, 6.07) is 21.5. The lowest BCUT2D eigenvalue weighted by Gasteiger charge is -2.21. The Hall–Kier alpha value is -5.03. The van der Waals surface area contributed by atoms with Gasteiger partial charge in [0.2, 0.25) is 10.0 Å². The van der Waals surface area contributed by atoms with Crippen molar-refractivity contribution in [1.82, 2.24) is 5.32 Å². The van der Waals surface area contributed by atoms with Crippen LogP contribution in [0.15, 0.2) is 83.3 Å². The Morgan fingerprint density at radius 3 is 2.20 bits per heavy atom. The highest BCUT2D eigenvalue weighted by Gasteiger charge is 2.26. The summed E-state index contributed by atoms with van der Waals surface area (Å²) in [5.74, 6) is 1.18. The van der Waals surface area contributed by atoms with Gasteiger partial charge in [-0.25, -0.2) is 12.8 Å². The quantitative estimate of drug-likeness (QED) is 0.197. The third-order valence-corrected chi connectivity index (χ3v) is 8.36. The fourth-order valence-electron chi connectivity index (χ4n) is 4.83. The summed E-state index contributed by atoms with van der Waals surface area (Å²) < 4.78 is 63.2. The first kappa shape index (κ1) is 30.4. The Morgan fingerprint density at radius 2 is 1.59 bits per heavy atom. The van der Waals surface area contributed by atoms with E-state index in [0.717, 1.165) is 16.1 Å². The van der Waals surface area contributed by atoms with E-state index < -0.39 is 21.7 Å². The number of sulfonamides is 1. The highest BCUT2D eigenvalue weighted by atomic mass is 32.2. The molecule has 1 aromatic heterocycles. The van der Waals surface area contributed by atoms with E-state index in [1.165, 1.54) is 38.4 Å². The molecular weight excluding hydrogens is 587 g/mol. The molecule has 44 heavy (non-hydrogen) atoms. The molecule has 5 aromatic rings. The lowest BCUT2D eigenvalue weighted by atomic mass is 9.98. The number of ether oxygens (including phenoxy) is 3. The van der Waals surface area contributed by atoms with Crippen LogP contribution in [0.3, 0.4) is 0 Å². The van der Waals surface area contributed by atoms with Crippen LogP contribution in [-0.2, 0) is 16.6 Å². The van der Waals surface area contributed by atoms with Crippen molar-refractivity contribution in [1.29, 1.82) is 0 Å². The van der Waals surface area contributed by atoms with Crippen LogP contribution in [0.5, 0.6) is 17.2 Å². The maximum atomic E-state index is 13.7. The molecule has 0 atom stereocenters. The second kappa shape index (κ2) is 12.3. The predicted octanol–water partition coefficient (Wildman–Crippen LogP) is 6.26. The van der Waals surface area contributed by atoms with Crippen molar-refractivity contribution < 1.29 is 36.2 Å². The van der Waals surface area contributed by atoms with Gasteiger partial charge in [-0.05, 0) is 65.7 Å². The molecule has 0 unspecified atom stereocenters. The number of carbonyl (C=O) groups is 1. The monoisotopic (exact) mass is 618 g/mol. The van der Waals surface area contributed by atoms with E-state index in [9.17, 15) is 17.6 Å². The van der Waals surface area contributed by atoms with Crippen LogP contribution >= 0.6 is 0 Å². The highest BCUT2D eigenvalue weighted by molar-refractivity contribution is 7.92. The standard InChI is InChI=1S/C33H31FN2O7S/c1-35-33(37)31-28-17-27(22-7-6-8-24(15-22)42-19-20-13-25(40-3)16-26(14-20)41-4)29(36(2)44(5,38)39)18-30(28)43-32(31)21-9-11-23(34)12-10-21/h6-18H,19H2,1-5H3,(H,35,37). The minimum absolute atomic E-state index is 0.218. The molecule has 9 nitrogen and oxygen atoms in total. The van der Waals surface area contributed by atoms with Crippen LogP contribution in [0.2, 0.25) is 0 Å². The molecule has 0 bridgehead atoms. The topological polar surface area (TPSA) is 107 Å². The third-order valence-electron chi connectivity index (χ3n) is 7.17. The second-order valence-electron chi connectivity index (χ2n) is 10.0. The van der Waals surface area contributed by atoms with Gasteiger partial charge in [0.05, 0.1) is 31.7 Å². The average Bonchev–Trinajstić information content (AvgIpc) is 3.40. The number of fused-ring (bicyclic) bond motifs is 1. The number of nitrogens with zero attached hydrogens (tertiary/aromatic N) is 1. The van der Waals surface area contributed by atoms with Crippen LogP contribution in [-0.4, -0.2) is 48.9 Å². The predicted molar refractivity (Wildman–Crippen MR) is 168 cm³/mol. The largest absolute Gasteiger partial charge is 0.497 e. The fraction of sp³-hybridized carbons (Fsp3) is 0.182. The van der Waals surface area contributed by atoms with Crippen molar-refractivity contribution in [3.8, 4) is 39.7 Å². The fourth-order valence-corrected chi connectivity index (χ4v) is 5.34. The number of rotatable bonds is 10. The Balaban J connectivity index is 1.64. The molecule has 1 N–H and O–H groups in total. The number of halogens is 1. The van der Waals surface area contributed by atoms with E-state index in [1.807, 2.05) is 18.2 Å². The van der Waals surface area contributed by atoms with E-state index in [4.69, 9.17) is 18.6 Å². The number of hydrogen-bond acceptors (Lipinski definition) is 7. The molecule has 0 saturated heterocycles. The summed E-state index contributed by atoms with van der Waals surface area (Å²) in [6.45, 7) is 0.218. The first-order valence-electron chi connectivity index (χ1n) is 13.5. The number of anilines is 1. The van der Waals surface area contributed by atoms with Gasteiger partial charge in [-0.2, -0.15) is 0 Å². The van der Waals surface area contributed by atoms with Gasteiger partial charge in [-0.1, -0.05) is 12.1 Å². The summed E-state index contributed by atoms with van der Waals surface area (Å²) in [7, 11) is 2.40. The molecule has 0 fully saturated rings. The number of methoxy groups -OCH3 is 2. The molecule has 1 heterocycles. The van der Waals surface area contributed by atoms with E-state index in [2.05, 4.69) is 5.32 Å². The third kappa shape index (κ3) is 6.18. The van der Waals surface area contributed by atoms with Crippen molar-refractivity contribution in [2.45, 2.75) is 6.61 Å². The van der Waals surface area contributed by atoms with Gasteiger partial charge in [0.25, 0.3) is 5.91 Å². The van der Waals surface area contributed by atoms with Crippen LogP contribution in [0, 0.1) is 5.82 Å². The molecule has 0 aliphatic carbocycles. The molecule has 0 saturated carbocycles. The number of hydrogen-bond donors (Lipinski definition) is 1. The van der Waals surface area contributed by atoms with Gasteiger partial charge in [-0.3, -0.25) is 9.10 Å². The molecule has 1 amide bonds. The van der Waals surface area contributed by atoms with Gasteiger partial charge >= 0.3 is 0 Å². The number of furan rings is 1. The molecular formula is C33H31FN2O7S. The first-order chi connectivity index (χ1) is 21.0. The zero-order chi connectivity index (χ0) is 31.6. The molecule has 4 aromatic carbocycles. The van der Waals surface area contributed by atoms with Gasteiger partial charge in [0.1, 0.15) is 41.0 Å². The molecule has 0 aliphatic heterocycles. The minimum Gasteiger partial charge on any atom is -0.497 e. The molecule has 0 aliphatic rings. The molecule has 11 heteroatoms. The number of carbonyl (C=O) groups excluding carboxylic acids is 1. The van der Waals surface area contributed by atoms with E-state index in [0.29, 0.717) is 45.0 Å². The first-order valence-corrected chi connectivity index (χ1v) is 15.3. The Bertz CT molecular complexity index is 1930. The lowest BCUT2D eigenvalue weighted by molar-refractivity contribution is 0.0964. The number of amides is 1. The number of benzene rings is 4. The van der Waals surface area contributed by atoms with E-state index in [-0.39, 0.29) is 23.5 Å². The second-order valence-corrected chi connectivity index (χ2v) is 12.0. The van der Waals surface area contributed by atoms with Crippen LogP contribution in [0.25, 0.3) is 33.4 Å². The maximum Gasteiger partial charge on any atom is 0.255 e. The summed E-state index contributed by atoms with van der Waals surface area (Å²) in [5, 5.41) is 3.10. The minimum atomic E-state index is -3.69. The van der Waals surface area contributed by atoms with Gasteiger partial charge in [0.15, 0.2) is 0 Å². The van der Waals surface area contributed by atoms with Crippen molar-refractivity contribution >= 4 is 32.6 Å². The normalized spacial score (nSPS) is 11.3. The van der Waals surface area contributed by atoms with Gasteiger partial charge < -0.3 is 23.9 Å².